The van der Waals surface area contributed by atoms with Gasteiger partial charge in [-0.25, -0.2) is 13.4 Å². The van der Waals surface area contributed by atoms with Crippen molar-refractivity contribution in [3.8, 4) is 11.1 Å². The fraction of sp³-hybridized carbons (Fsp3) is 0.250. The Hall–Kier alpha value is -2.19. The van der Waals surface area contributed by atoms with Crippen LogP contribution in [0.2, 0.25) is 0 Å². The molecule has 6 nitrogen and oxygen atoms in total. The standard InChI is InChI=1S/C20H22N4O2S.ClH/c1-23-12-11-22-20(23)19-15-21-10-13-24(19)27(25,26)18-9-5-8-17(14-18)16-6-3-2-4-7-16;/h2-9,11-12,14,19,21H,10,13,15H2,1H3;1H. The molecule has 0 saturated carbocycles. The largest absolute Gasteiger partial charge is 0.337 e. The molecule has 1 saturated heterocycles. The second-order valence-corrected chi connectivity index (χ2v) is 8.52. The minimum Gasteiger partial charge on any atom is -0.337 e. The van der Waals surface area contributed by atoms with Crippen molar-refractivity contribution in [2.24, 2.45) is 7.05 Å². The molecule has 3 aromatic rings. The fourth-order valence-electron chi connectivity index (χ4n) is 3.49. The maximum Gasteiger partial charge on any atom is 0.243 e. The van der Waals surface area contributed by atoms with E-state index in [2.05, 4.69) is 10.3 Å². The molecule has 1 atom stereocenters. The first-order valence-electron chi connectivity index (χ1n) is 8.92. The molecule has 148 valence electrons. The molecule has 28 heavy (non-hydrogen) atoms. The lowest BCUT2D eigenvalue weighted by molar-refractivity contribution is 0.258. The summed E-state index contributed by atoms with van der Waals surface area (Å²) in [6, 6.07) is 16.6. The highest BCUT2D eigenvalue weighted by Gasteiger charge is 2.36. The monoisotopic (exact) mass is 418 g/mol. The highest BCUT2D eigenvalue weighted by Crippen LogP contribution is 2.30. The third-order valence-corrected chi connectivity index (χ3v) is 6.80. The van der Waals surface area contributed by atoms with Gasteiger partial charge in [-0.1, -0.05) is 42.5 Å². The number of sulfonamides is 1. The maximum absolute atomic E-state index is 13.4. The average Bonchev–Trinajstić information content (AvgIpc) is 3.14. The summed E-state index contributed by atoms with van der Waals surface area (Å²) in [6.45, 7) is 1.58. The van der Waals surface area contributed by atoms with Crippen LogP contribution in [0.4, 0.5) is 0 Å². The Balaban J connectivity index is 0.00000225. The van der Waals surface area contributed by atoms with Gasteiger partial charge in [0.15, 0.2) is 0 Å². The first-order valence-corrected chi connectivity index (χ1v) is 10.4. The van der Waals surface area contributed by atoms with Gasteiger partial charge in [-0.05, 0) is 23.3 Å². The van der Waals surface area contributed by atoms with Crippen LogP contribution in [0.3, 0.4) is 0 Å². The van der Waals surface area contributed by atoms with Gasteiger partial charge >= 0.3 is 0 Å². The Bertz CT molecular complexity index is 1040. The van der Waals surface area contributed by atoms with Gasteiger partial charge in [-0.15, -0.1) is 12.4 Å². The maximum atomic E-state index is 13.4. The second kappa shape index (κ2) is 8.45. The van der Waals surface area contributed by atoms with Crippen LogP contribution in [-0.4, -0.2) is 41.9 Å². The molecular formula is C20H23ClN4O2S. The summed E-state index contributed by atoms with van der Waals surface area (Å²) in [5, 5.41) is 3.28. The van der Waals surface area contributed by atoms with Crippen molar-refractivity contribution in [3.63, 3.8) is 0 Å². The van der Waals surface area contributed by atoms with Gasteiger partial charge in [-0.3, -0.25) is 0 Å². The van der Waals surface area contributed by atoms with Crippen LogP contribution in [-0.2, 0) is 17.1 Å². The third-order valence-electron chi connectivity index (χ3n) is 4.90. The molecule has 8 heteroatoms. The lowest BCUT2D eigenvalue weighted by atomic mass is 10.1. The average molecular weight is 419 g/mol. The van der Waals surface area contributed by atoms with Crippen molar-refractivity contribution in [2.75, 3.05) is 19.6 Å². The molecule has 1 N–H and O–H groups in total. The van der Waals surface area contributed by atoms with E-state index in [1.807, 2.05) is 54.2 Å². The number of aryl methyl sites for hydroxylation is 1. The molecule has 0 bridgehead atoms. The van der Waals surface area contributed by atoms with E-state index in [0.29, 0.717) is 24.5 Å². The predicted molar refractivity (Wildman–Crippen MR) is 112 cm³/mol. The van der Waals surface area contributed by atoms with E-state index >= 15 is 0 Å². The Morgan fingerprint density at radius 3 is 2.54 bits per heavy atom. The van der Waals surface area contributed by atoms with Crippen LogP contribution in [0, 0.1) is 0 Å². The zero-order valence-corrected chi connectivity index (χ0v) is 17.2. The molecule has 1 fully saturated rings. The Morgan fingerprint density at radius 2 is 1.82 bits per heavy atom. The molecule has 1 aliphatic rings. The van der Waals surface area contributed by atoms with Crippen LogP contribution in [0.5, 0.6) is 0 Å². The topological polar surface area (TPSA) is 67.2 Å². The summed E-state index contributed by atoms with van der Waals surface area (Å²) in [6.07, 6.45) is 3.54. The predicted octanol–water partition coefficient (Wildman–Crippen LogP) is 2.84. The number of nitrogens with zero attached hydrogens (tertiary/aromatic N) is 3. The number of piperazine rings is 1. The van der Waals surface area contributed by atoms with Crippen molar-refractivity contribution < 1.29 is 8.42 Å². The van der Waals surface area contributed by atoms with Crippen LogP contribution >= 0.6 is 12.4 Å². The number of hydrogen-bond donors (Lipinski definition) is 1. The minimum atomic E-state index is -3.64. The van der Waals surface area contributed by atoms with Crippen LogP contribution in [0.25, 0.3) is 11.1 Å². The molecule has 0 radical (unpaired) electrons. The van der Waals surface area contributed by atoms with E-state index in [1.54, 1.807) is 28.7 Å². The van der Waals surface area contributed by atoms with Crippen LogP contribution in [0.15, 0.2) is 71.9 Å². The van der Waals surface area contributed by atoms with Crippen molar-refractivity contribution in [1.82, 2.24) is 19.2 Å². The lowest BCUT2D eigenvalue weighted by Gasteiger charge is -2.34. The molecule has 0 aliphatic carbocycles. The molecule has 4 rings (SSSR count). The van der Waals surface area contributed by atoms with E-state index in [-0.39, 0.29) is 18.4 Å². The normalized spacial score (nSPS) is 17.8. The van der Waals surface area contributed by atoms with Gasteiger partial charge in [0.25, 0.3) is 0 Å². The van der Waals surface area contributed by atoms with Gasteiger partial charge in [0, 0.05) is 39.1 Å². The number of halogens is 1. The Kier molecular flexibility index (Phi) is 6.20. The zero-order valence-electron chi connectivity index (χ0n) is 15.5. The number of benzene rings is 2. The summed E-state index contributed by atoms with van der Waals surface area (Å²) < 4.78 is 30.3. The highest BCUT2D eigenvalue weighted by molar-refractivity contribution is 7.89. The summed E-state index contributed by atoms with van der Waals surface area (Å²) in [5.41, 5.74) is 1.89. The van der Waals surface area contributed by atoms with Crippen molar-refractivity contribution in [3.05, 3.63) is 72.8 Å². The van der Waals surface area contributed by atoms with Gasteiger partial charge in [0.1, 0.15) is 5.82 Å². The van der Waals surface area contributed by atoms with E-state index < -0.39 is 10.0 Å². The molecule has 2 aromatic carbocycles. The van der Waals surface area contributed by atoms with E-state index in [9.17, 15) is 8.42 Å². The van der Waals surface area contributed by atoms with Crippen molar-refractivity contribution in [1.29, 1.82) is 0 Å². The number of nitrogens with one attached hydrogen (secondary N) is 1. The van der Waals surface area contributed by atoms with Gasteiger partial charge < -0.3 is 9.88 Å². The molecular weight excluding hydrogens is 396 g/mol. The number of imidazole rings is 1. The second-order valence-electron chi connectivity index (χ2n) is 6.63. The van der Waals surface area contributed by atoms with Crippen molar-refractivity contribution in [2.45, 2.75) is 10.9 Å². The number of aromatic nitrogens is 2. The van der Waals surface area contributed by atoms with E-state index in [0.717, 1.165) is 17.0 Å². The lowest BCUT2D eigenvalue weighted by Crippen LogP contribution is -2.49. The summed E-state index contributed by atoms with van der Waals surface area (Å²) in [7, 11) is -1.76. The molecule has 1 aliphatic heterocycles. The summed E-state index contributed by atoms with van der Waals surface area (Å²) in [4.78, 5) is 4.69. The first-order chi connectivity index (χ1) is 13.1. The van der Waals surface area contributed by atoms with Gasteiger partial charge in [0.2, 0.25) is 10.0 Å². The minimum absolute atomic E-state index is 0. The van der Waals surface area contributed by atoms with Crippen molar-refractivity contribution >= 4 is 22.4 Å². The fourth-order valence-corrected chi connectivity index (χ4v) is 5.13. The molecule has 1 unspecified atom stereocenters. The van der Waals surface area contributed by atoms with E-state index in [1.165, 1.54) is 0 Å². The number of hydrogen-bond acceptors (Lipinski definition) is 4. The molecule has 0 amide bonds. The van der Waals surface area contributed by atoms with Gasteiger partial charge in [0.05, 0.1) is 10.9 Å². The Labute approximate surface area is 171 Å². The van der Waals surface area contributed by atoms with Gasteiger partial charge in [-0.2, -0.15) is 4.31 Å². The highest BCUT2D eigenvalue weighted by atomic mass is 35.5. The SMILES string of the molecule is Cl.Cn1ccnc1C1CNCCN1S(=O)(=O)c1cccc(-c2ccccc2)c1. The number of rotatable bonds is 4. The first kappa shape index (κ1) is 20.5. The molecule has 0 spiro atoms. The quantitative estimate of drug-likeness (QED) is 0.707. The molecule has 1 aromatic heterocycles. The zero-order chi connectivity index (χ0) is 18.9. The summed E-state index contributed by atoms with van der Waals surface area (Å²) in [5.74, 6) is 0.741. The van der Waals surface area contributed by atoms with E-state index in [4.69, 9.17) is 0 Å². The molecule has 2 heterocycles. The van der Waals surface area contributed by atoms with Crippen LogP contribution < -0.4 is 5.32 Å². The summed E-state index contributed by atoms with van der Waals surface area (Å²) >= 11 is 0. The Morgan fingerprint density at radius 1 is 1.07 bits per heavy atom. The third kappa shape index (κ3) is 3.84. The smallest absolute Gasteiger partial charge is 0.243 e. The van der Waals surface area contributed by atoms with Crippen LogP contribution in [0.1, 0.15) is 11.9 Å².